The standard InChI is InChI=1S/C28H43N3O5/c1-18-14-15-19(2)22(16-18)24(25(33)29-20-10-7-6-8-11-20)31(21-12-9-13-21)26(34)23(17-32)30-27(35)36-28(3,4)5/h14-16,20-21,23-24,32H,6-13,17H2,1-5H3,(H,29,33)(H,30,35). The Hall–Kier alpha value is -2.61. The van der Waals surface area contributed by atoms with Gasteiger partial charge in [0.15, 0.2) is 0 Å². The second-order valence-electron chi connectivity index (χ2n) is 11.3. The Balaban J connectivity index is 1.96. The van der Waals surface area contributed by atoms with Crippen LogP contribution >= 0.6 is 0 Å². The lowest BCUT2D eigenvalue weighted by Crippen LogP contribution is -2.59. The van der Waals surface area contributed by atoms with Gasteiger partial charge in [0.1, 0.15) is 17.7 Å². The van der Waals surface area contributed by atoms with Gasteiger partial charge in [-0.1, -0.05) is 43.0 Å². The highest BCUT2D eigenvalue weighted by atomic mass is 16.6. The summed E-state index contributed by atoms with van der Waals surface area (Å²) in [6.07, 6.45) is 6.93. The van der Waals surface area contributed by atoms with Gasteiger partial charge in [0.2, 0.25) is 11.8 Å². The van der Waals surface area contributed by atoms with E-state index >= 15 is 0 Å². The number of rotatable bonds is 8. The summed E-state index contributed by atoms with van der Waals surface area (Å²) in [4.78, 5) is 41.9. The van der Waals surface area contributed by atoms with E-state index in [4.69, 9.17) is 4.74 Å². The number of nitrogens with zero attached hydrogens (tertiary/aromatic N) is 1. The number of ether oxygens (including phenoxy) is 1. The van der Waals surface area contributed by atoms with Crippen molar-refractivity contribution in [2.24, 2.45) is 0 Å². The zero-order chi connectivity index (χ0) is 26.5. The Bertz CT molecular complexity index is 932. The van der Waals surface area contributed by atoms with Crippen LogP contribution < -0.4 is 10.6 Å². The zero-order valence-electron chi connectivity index (χ0n) is 22.4. The third kappa shape index (κ3) is 7.21. The quantitative estimate of drug-likeness (QED) is 0.498. The number of aryl methyl sites for hydroxylation is 2. The molecule has 0 spiro atoms. The second kappa shape index (κ2) is 12.1. The topological polar surface area (TPSA) is 108 Å². The van der Waals surface area contributed by atoms with E-state index in [0.29, 0.717) is 0 Å². The normalized spacial score (nSPS) is 18.5. The summed E-state index contributed by atoms with van der Waals surface area (Å²) in [5.74, 6) is -0.678. The minimum absolute atomic E-state index is 0.0886. The van der Waals surface area contributed by atoms with Crippen LogP contribution in [0.3, 0.4) is 0 Å². The van der Waals surface area contributed by atoms with E-state index in [1.54, 1.807) is 25.7 Å². The number of carbonyl (C=O) groups excluding carboxylic acids is 3. The lowest BCUT2D eigenvalue weighted by Gasteiger charge is -2.44. The van der Waals surface area contributed by atoms with Crippen LogP contribution in [0.1, 0.15) is 94.9 Å². The molecule has 0 aromatic heterocycles. The lowest BCUT2D eigenvalue weighted by atomic mass is 9.86. The van der Waals surface area contributed by atoms with Gasteiger partial charge in [0, 0.05) is 12.1 Å². The highest BCUT2D eigenvalue weighted by Gasteiger charge is 2.42. The maximum Gasteiger partial charge on any atom is 0.408 e. The summed E-state index contributed by atoms with van der Waals surface area (Å²) < 4.78 is 5.32. The molecule has 2 aliphatic carbocycles. The summed E-state index contributed by atoms with van der Waals surface area (Å²) in [6.45, 7) is 8.52. The first-order chi connectivity index (χ1) is 17.0. The molecule has 0 heterocycles. The first-order valence-corrected chi connectivity index (χ1v) is 13.3. The fraction of sp³-hybridized carbons (Fsp3) is 0.679. The van der Waals surface area contributed by atoms with Crippen LogP contribution in [0.15, 0.2) is 18.2 Å². The van der Waals surface area contributed by atoms with Crippen molar-refractivity contribution in [3.8, 4) is 0 Å². The van der Waals surface area contributed by atoms with Gasteiger partial charge in [-0.2, -0.15) is 0 Å². The molecule has 0 aliphatic heterocycles. The number of carbonyl (C=O) groups is 3. The SMILES string of the molecule is Cc1ccc(C)c(C(C(=O)NC2CCCCC2)N(C(=O)C(CO)NC(=O)OC(C)(C)C)C2CCC2)c1. The molecule has 0 bridgehead atoms. The molecule has 3 N–H and O–H groups in total. The molecule has 2 fully saturated rings. The second-order valence-corrected chi connectivity index (χ2v) is 11.3. The molecule has 0 saturated heterocycles. The molecule has 2 atom stereocenters. The molecule has 200 valence electrons. The van der Waals surface area contributed by atoms with Crippen molar-refractivity contribution < 1.29 is 24.2 Å². The third-order valence-electron chi connectivity index (χ3n) is 7.10. The predicted molar refractivity (Wildman–Crippen MR) is 138 cm³/mol. The van der Waals surface area contributed by atoms with Crippen LogP contribution in [-0.4, -0.2) is 58.2 Å². The van der Waals surface area contributed by atoms with Crippen LogP contribution in [-0.2, 0) is 14.3 Å². The molecule has 1 aromatic rings. The number of nitrogens with one attached hydrogen (secondary N) is 2. The minimum Gasteiger partial charge on any atom is -0.444 e. The Morgan fingerprint density at radius 3 is 2.28 bits per heavy atom. The number of amides is 3. The largest absolute Gasteiger partial charge is 0.444 e. The number of aliphatic hydroxyl groups excluding tert-OH is 1. The molecule has 1 aromatic carbocycles. The van der Waals surface area contributed by atoms with Crippen LogP contribution in [0.2, 0.25) is 0 Å². The number of hydrogen-bond donors (Lipinski definition) is 3. The predicted octanol–water partition coefficient (Wildman–Crippen LogP) is 4.06. The van der Waals surface area contributed by atoms with E-state index in [2.05, 4.69) is 10.6 Å². The van der Waals surface area contributed by atoms with Crippen LogP contribution in [0.25, 0.3) is 0 Å². The lowest BCUT2D eigenvalue weighted by molar-refractivity contribution is -0.148. The van der Waals surface area contributed by atoms with Crippen molar-refractivity contribution in [2.75, 3.05) is 6.61 Å². The molecule has 2 aliphatic rings. The molecule has 0 radical (unpaired) electrons. The first-order valence-electron chi connectivity index (χ1n) is 13.3. The zero-order valence-corrected chi connectivity index (χ0v) is 22.4. The van der Waals surface area contributed by atoms with Gasteiger partial charge in [0.25, 0.3) is 0 Å². The summed E-state index contributed by atoms with van der Waals surface area (Å²) >= 11 is 0. The van der Waals surface area contributed by atoms with Gasteiger partial charge in [-0.15, -0.1) is 0 Å². The molecule has 2 saturated carbocycles. The molecule has 3 amide bonds. The summed E-state index contributed by atoms with van der Waals surface area (Å²) in [7, 11) is 0. The van der Waals surface area contributed by atoms with Gasteiger partial charge < -0.3 is 25.4 Å². The van der Waals surface area contributed by atoms with Gasteiger partial charge in [-0.25, -0.2) is 4.79 Å². The van der Waals surface area contributed by atoms with Crippen molar-refractivity contribution in [3.05, 3.63) is 34.9 Å². The van der Waals surface area contributed by atoms with E-state index in [1.165, 1.54) is 6.42 Å². The number of hydrogen-bond acceptors (Lipinski definition) is 5. The number of alkyl carbamates (subject to hydrolysis) is 1. The Morgan fingerprint density at radius 1 is 1.06 bits per heavy atom. The Morgan fingerprint density at radius 2 is 1.72 bits per heavy atom. The van der Waals surface area contributed by atoms with E-state index in [1.807, 2.05) is 32.0 Å². The molecular weight excluding hydrogens is 458 g/mol. The van der Waals surface area contributed by atoms with Gasteiger partial charge in [-0.05, 0) is 77.8 Å². The average molecular weight is 502 g/mol. The Labute approximate surface area is 215 Å². The molecule has 8 heteroatoms. The van der Waals surface area contributed by atoms with Crippen molar-refractivity contribution in [1.29, 1.82) is 0 Å². The summed E-state index contributed by atoms with van der Waals surface area (Å²) in [5.41, 5.74) is 1.94. The Kier molecular flexibility index (Phi) is 9.39. The van der Waals surface area contributed by atoms with Gasteiger partial charge >= 0.3 is 6.09 Å². The monoisotopic (exact) mass is 501 g/mol. The highest BCUT2D eigenvalue weighted by molar-refractivity contribution is 5.93. The van der Waals surface area contributed by atoms with Crippen LogP contribution in [0, 0.1) is 13.8 Å². The first kappa shape index (κ1) is 28.0. The number of aliphatic hydroxyl groups is 1. The maximum atomic E-state index is 13.9. The van der Waals surface area contributed by atoms with E-state index in [-0.39, 0.29) is 18.0 Å². The summed E-state index contributed by atoms with van der Waals surface area (Å²) in [5, 5.41) is 15.8. The molecular formula is C28H43N3O5. The third-order valence-corrected chi connectivity index (χ3v) is 7.10. The van der Waals surface area contributed by atoms with Gasteiger partial charge in [0.05, 0.1) is 6.61 Å². The molecule has 3 rings (SSSR count). The minimum atomic E-state index is -1.21. The van der Waals surface area contributed by atoms with Gasteiger partial charge in [-0.3, -0.25) is 9.59 Å². The smallest absolute Gasteiger partial charge is 0.408 e. The number of benzene rings is 1. The van der Waals surface area contributed by atoms with Crippen molar-refractivity contribution in [1.82, 2.24) is 15.5 Å². The highest BCUT2D eigenvalue weighted by Crippen LogP contribution is 2.35. The van der Waals surface area contributed by atoms with Crippen LogP contribution in [0.4, 0.5) is 4.79 Å². The van der Waals surface area contributed by atoms with E-state index in [0.717, 1.165) is 61.6 Å². The van der Waals surface area contributed by atoms with E-state index < -0.39 is 36.3 Å². The van der Waals surface area contributed by atoms with Crippen molar-refractivity contribution in [2.45, 2.75) is 116 Å². The molecule has 2 unspecified atom stereocenters. The van der Waals surface area contributed by atoms with Crippen molar-refractivity contribution in [3.63, 3.8) is 0 Å². The fourth-order valence-electron chi connectivity index (χ4n) is 5.00. The summed E-state index contributed by atoms with van der Waals surface area (Å²) in [6, 6.07) is 3.81. The molecule has 8 nitrogen and oxygen atoms in total. The van der Waals surface area contributed by atoms with Crippen molar-refractivity contribution >= 4 is 17.9 Å². The van der Waals surface area contributed by atoms with E-state index in [9.17, 15) is 19.5 Å². The average Bonchev–Trinajstić information content (AvgIpc) is 2.77. The molecule has 36 heavy (non-hydrogen) atoms. The maximum absolute atomic E-state index is 13.9. The van der Waals surface area contributed by atoms with Crippen LogP contribution in [0.5, 0.6) is 0 Å². The fourth-order valence-corrected chi connectivity index (χ4v) is 5.00.